The fraction of sp³-hybridized carbons (Fsp3) is 0.312. The Kier molecular flexibility index (Phi) is 12.0. The summed E-state index contributed by atoms with van der Waals surface area (Å²) in [5.41, 5.74) is 1.74. The predicted octanol–water partition coefficient (Wildman–Crippen LogP) is 5.32. The topological polar surface area (TPSA) is 185 Å². The number of esters is 2. The molecule has 0 saturated heterocycles. The lowest BCUT2D eigenvalue weighted by Crippen LogP contribution is -2.26. The maximum atomic E-state index is 13.5. The van der Waals surface area contributed by atoms with Gasteiger partial charge in [-0.15, -0.1) is 21.5 Å². The Morgan fingerprint density at radius 1 is 1.02 bits per heavy atom. The molecule has 0 aliphatic heterocycles. The number of aromatic nitrogens is 3. The van der Waals surface area contributed by atoms with Crippen molar-refractivity contribution in [3.05, 3.63) is 97.2 Å². The molecule has 0 unspecified atom stereocenters. The fourth-order valence-electron chi connectivity index (χ4n) is 4.54. The Hall–Kier alpha value is -5.09. The Morgan fingerprint density at radius 3 is 2.38 bits per heavy atom. The van der Waals surface area contributed by atoms with Crippen molar-refractivity contribution in [1.82, 2.24) is 20.1 Å². The Labute approximate surface area is 284 Å². The van der Waals surface area contributed by atoms with E-state index in [1.54, 1.807) is 39.2 Å². The van der Waals surface area contributed by atoms with E-state index < -0.39 is 33.9 Å². The van der Waals surface area contributed by atoms with Crippen molar-refractivity contribution in [3.63, 3.8) is 0 Å². The molecule has 0 bridgehead atoms. The molecular weight excluding hydrogens is 661 g/mol. The number of ether oxygens (including phenoxy) is 2. The van der Waals surface area contributed by atoms with Crippen LogP contribution in [0.2, 0.25) is 0 Å². The summed E-state index contributed by atoms with van der Waals surface area (Å²) >= 11 is 2.04. The lowest BCUT2D eigenvalue weighted by atomic mass is 10.1. The lowest BCUT2D eigenvalue weighted by molar-refractivity contribution is -0.385. The first-order chi connectivity index (χ1) is 22.9. The zero-order chi connectivity index (χ0) is 35.0. The first-order valence-electron chi connectivity index (χ1n) is 14.9. The average Bonchev–Trinajstić information content (AvgIpc) is 3.59. The number of thioether (sulfide) groups is 1. The quantitative estimate of drug-likeness (QED) is 0.0754. The van der Waals surface area contributed by atoms with Crippen LogP contribution in [0.1, 0.15) is 73.7 Å². The number of nitro benzene ring substituents is 1. The molecule has 252 valence electrons. The van der Waals surface area contributed by atoms with Crippen molar-refractivity contribution in [2.24, 2.45) is 0 Å². The number of nitrogens with one attached hydrogen (secondary N) is 2. The number of carbonyl (C=O) groups excluding carboxylic acids is 4. The van der Waals surface area contributed by atoms with Gasteiger partial charge in [0.1, 0.15) is 9.88 Å². The van der Waals surface area contributed by atoms with Gasteiger partial charge in [0.15, 0.2) is 11.0 Å². The largest absolute Gasteiger partial charge is 0.462 e. The van der Waals surface area contributed by atoms with Gasteiger partial charge < -0.3 is 24.7 Å². The number of aryl methyl sites for hydroxylation is 1. The summed E-state index contributed by atoms with van der Waals surface area (Å²) in [7, 11) is 0. The van der Waals surface area contributed by atoms with E-state index in [2.05, 4.69) is 20.8 Å². The van der Waals surface area contributed by atoms with E-state index in [-0.39, 0.29) is 46.5 Å². The van der Waals surface area contributed by atoms with Gasteiger partial charge in [0.05, 0.1) is 42.0 Å². The SMILES string of the molecule is CCOC(=O)c1sc(NC(=O)[C@H](C)Sc2nnc(CNC(=O)c3ccc(C)c([N+](=O)[O-])c3)n2Cc2ccccc2)c(C(=O)OCC)c1C. The van der Waals surface area contributed by atoms with E-state index in [0.717, 1.165) is 28.7 Å². The summed E-state index contributed by atoms with van der Waals surface area (Å²) in [5, 5.41) is 25.2. The number of amides is 2. The summed E-state index contributed by atoms with van der Waals surface area (Å²) in [6.45, 7) is 8.69. The molecule has 2 heterocycles. The highest BCUT2D eigenvalue weighted by Crippen LogP contribution is 2.35. The second kappa shape index (κ2) is 16.1. The lowest BCUT2D eigenvalue weighted by Gasteiger charge is -2.14. The summed E-state index contributed by atoms with van der Waals surface area (Å²) < 4.78 is 12.1. The number of nitro groups is 1. The molecule has 2 aromatic carbocycles. The van der Waals surface area contributed by atoms with Gasteiger partial charge in [-0.3, -0.25) is 19.7 Å². The number of benzene rings is 2. The molecule has 4 aromatic rings. The van der Waals surface area contributed by atoms with Gasteiger partial charge in [-0.2, -0.15) is 0 Å². The molecule has 4 rings (SSSR count). The van der Waals surface area contributed by atoms with Crippen LogP contribution in [-0.2, 0) is 27.4 Å². The standard InChI is InChI=1S/C32H34N6O8S2/c1-6-45-30(41)25-19(4)26(31(42)46-7-2)48-29(25)34-27(39)20(5)47-32-36-35-24(37(32)17-21-11-9-8-10-12-21)16-33-28(40)22-14-13-18(3)23(15-22)38(43)44/h8-15,20H,6-7,16-17H2,1-5H3,(H,33,40)(H,34,39)/t20-/m0/s1. The molecule has 0 spiro atoms. The minimum atomic E-state index is -0.747. The van der Waals surface area contributed by atoms with Gasteiger partial charge in [0, 0.05) is 17.2 Å². The molecule has 2 aromatic heterocycles. The molecule has 0 fully saturated rings. The number of carbonyl (C=O) groups is 4. The van der Waals surface area contributed by atoms with Crippen molar-refractivity contribution < 1.29 is 33.6 Å². The van der Waals surface area contributed by atoms with E-state index in [1.807, 2.05) is 30.3 Å². The normalized spacial score (nSPS) is 11.4. The molecule has 14 nitrogen and oxygen atoms in total. The van der Waals surface area contributed by atoms with Gasteiger partial charge in [-0.1, -0.05) is 48.2 Å². The fourth-order valence-corrected chi connectivity index (χ4v) is 6.50. The molecule has 16 heteroatoms. The van der Waals surface area contributed by atoms with Crippen LogP contribution in [0, 0.1) is 24.0 Å². The van der Waals surface area contributed by atoms with E-state index in [1.165, 1.54) is 18.2 Å². The van der Waals surface area contributed by atoms with Crippen LogP contribution in [0.25, 0.3) is 0 Å². The Morgan fingerprint density at radius 2 is 1.71 bits per heavy atom. The second-order valence-electron chi connectivity index (χ2n) is 10.4. The highest BCUT2D eigenvalue weighted by molar-refractivity contribution is 8.00. The van der Waals surface area contributed by atoms with Crippen molar-refractivity contribution in [2.75, 3.05) is 18.5 Å². The van der Waals surface area contributed by atoms with Gasteiger partial charge in [-0.05, 0) is 51.8 Å². The highest BCUT2D eigenvalue weighted by atomic mass is 32.2. The molecule has 0 aliphatic carbocycles. The number of nitrogens with zero attached hydrogens (tertiary/aromatic N) is 4. The zero-order valence-corrected chi connectivity index (χ0v) is 28.5. The van der Waals surface area contributed by atoms with Crippen molar-refractivity contribution in [1.29, 1.82) is 0 Å². The minimum absolute atomic E-state index is 0.0461. The third-order valence-electron chi connectivity index (χ3n) is 7.03. The molecule has 0 radical (unpaired) electrons. The Balaban J connectivity index is 1.56. The second-order valence-corrected chi connectivity index (χ2v) is 12.7. The summed E-state index contributed by atoms with van der Waals surface area (Å²) in [5.74, 6) is -1.89. The van der Waals surface area contributed by atoms with Crippen LogP contribution >= 0.6 is 23.1 Å². The molecule has 0 saturated carbocycles. The first-order valence-corrected chi connectivity index (χ1v) is 16.6. The first kappa shape index (κ1) is 35.8. The maximum Gasteiger partial charge on any atom is 0.348 e. The number of rotatable bonds is 14. The van der Waals surface area contributed by atoms with E-state index in [0.29, 0.717) is 28.7 Å². The molecule has 1 atom stereocenters. The van der Waals surface area contributed by atoms with Crippen molar-refractivity contribution in [2.45, 2.75) is 58.1 Å². The molecular formula is C32H34N6O8S2. The van der Waals surface area contributed by atoms with Crippen LogP contribution in [0.5, 0.6) is 0 Å². The van der Waals surface area contributed by atoms with Crippen LogP contribution in [0.15, 0.2) is 53.7 Å². The van der Waals surface area contributed by atoms with Crippen molar-refractivity contribution in [3.8, 4) is 0 Å². The van der Waals surface area contributed by atoms with E-state index in [4.69, 9.17) is 9.47 Å². The van der Waals surface area contributed by atoms with Gasteiger partial charge in [0.2, 0.25) is 5.91 Å². The van der Waals surface area contributed by atoms with Gasteiger partial charge in [-0.25, -0.2) is 9.59 Å². The highest BCUT2D eigenvalue weighted by Gasteiger charge is 2.29. The molecule has 2 amide bonds. The number of thiophene rings is 1. The summed E-state index contributed by atoms with van der Waals surface area (Å²) in [6.07, 6.45) is 0. The van der Waals surface area contributed by atoms with Crippen LogP contribution < -0.4 is 10.6 Å². The van der Waals surface area contributed by atoms with E-state index >= 15 is 0 Å². The number of anilines is 1. The molecule has 48 heavy (non-hydrogen) atoms. The number of hydrogen-bond acceptors (Lipinski definition) is 12. The average molecular weight is 695 g/mol. The van der Waals surface area contributed by atoms with Crippen LogP contribution in [0.3, 0.4) is 0 Å². The Bertz CT molecular complexity index is 1840. The molecule has 0 aliphatic rings. The van der Waals surface area contributed by atoms with E-state index in [9.17, 15) is 29.3 Å². The monoisotopic (exact) mass is 694 g/mol. The van der Waals surface area contributed by atoms with Gasteiger partial charge >= 0.3 is 11.9 Å². The third-order valence-corrected chi connectivity index (χ3v) is 9.30. The van der Waals surface area contributed by atoms with Crippen LogP contribution in [-0.4, -0.2) is 61.9 Å². The predicted molar refractivity (Wildman–Crippen MR) is 179 cm³/mol. The molecule has 2 N–H and O–H groups in total. The maximum absolute atomic E-state index is 13.5. The summed E-state index contributed by atoms with van der Waals surface area (Å²) in [6, 6.07) is 13.7. The number of hydrogen-bond donors (Lipinski definition) is 2. The van der Waals surface area contributed by atoms with Gasteiger partial charge in [0.25, 0.3) is 11.6 Å². The van der Waals surface area contributed by atoms with Crippen LogP contribution in [0.4, 0.5) is 10.7 Å². The minimum Gasteiger partial charge on any atom is -0.462 e. The zero-order valence-electron chi connectivity index (χ0n) is 26.9. The summed E-state index contributed by atoms with van der Waals surface area (Å²) in [4.78, 5) is 62.7. The third kappa shape index (κ3) is 8.43. The smallest absolute Gasteiger partial charge is 0.348 e. The van der Waals surface area contributed by atoms with Crippen molar-refractivity contribution >= 4 is 57.5 Å².